The summed E-state index contributed by atoms with van der Waals surface area (Å²) in [4.78, 5) is 23.7. The Morgan fingerprint density at radius 3 is 1.06 bits per heavy atom. The van der Waals surface area contributed by atoms with Gasteiger partial charge in [-0.15, -0.1) is 22.7 Å². The number of rotatable bonds is 6. The molecule has 0 aromatic carbocycles. The van der Waals surface area contributed by atoms with E-state index in [9.17, 15) is 60.7 Å². The number of aliphatic hydroxyl groups excluding tert-OH is 10. The topological polar surface area (TPSA) is 255 Å². The van der Waals surface area contributed by atoms with E-state index in [0.29, 0.717) is 12.1 Å². The highest BCUT2D eigenvalue weighted by Crippen LogP contribution is 2.65. The molecule has 12 atom stereocenters. The first-order chi connectivity index (χ1) is 23.4. The number of ether oxygens (including phenoxy) is 2. The van der Waals surface area contributed by atoms with Gasteiger partial charge in [0.05, 0.1) is 0 Å². The minimum Gasteiger partial charge on any atom is -0.452 e. The van der Waals surface area contributed by atoms with E-state index >= 15 is 26.3 Å². The molecule has 0 bridgehead atoms. The van der Waals surface area contributed by atoms with Crippen molar-refractivity contribution in [2.45, 2.75) is 105 Å². The van der Waals surface area contributed by atoms with Crippen molar-refractivity contribution >= 4 is 45.8 Å². The third-order valence-electron chi connectivity index (χ3n) is 9.08. The van der Waals surface area contributed by atoms with Crippen molar-refractivity contribution in [1.29, 1.82) is 0 Å². The number of halogens is 6. The van der Waals surface area contributed by atoms with Crippen molar-refractivity contribution in [3.05, 3.63) is 42.8 Å². The number of aliphatic hydroxyl groups is 10. The van der Waals surface area contributed by atoms with Crippen LogP contribution in [0.3, 0.4) is 0 Å². The number of carbonyl (C=O) groups is 2. The quantitative estimate of drug-likeness (QED) is 0.124. The highest BCUT2D eigenvalue weighted by atomic mass is 32.1. The Morgan fingerprint density at radius 2 is 0.784 bits per heavy atom. The summed E-state index contributed by atoms with van der Waals surface area (Å²) >= 11 is 0.576. The zero-order chi connectivity index (χ0) is 38.4. The van der Waals surface area contributed by atoms with E-state index in [1.807, 2.05) is 0 Å². The smallest absolute Gasteiger partial charge is 0.380 e. The van der Waals surface area contributed by atoms with Gasteiger partial charge in [-0.05, 0) is 37.1 Å². The van der Waals surface area contributed by atoms with E-state index in [2.05, 4.69) is 0 Å². The Balaban J connectivity index is 1.54. The van der Waals surface area contributed by atoms with Crippen LogP contribution in [0.25, 0.3) is 11.1 Å². The lowest BCUT2D eigenvalue weighted by atomic mass is 9.85. The number of allylic oxidation sites excluding steroid dienone is 2. The van der Waals surface area contributed by atoms with Gasteiger partial charge < -0.3 is 60.5 Å². The molecule has 3 aliphatic carbocycles. The Labute approximate surface area is 289 Å². The molecule has 2 aromatic rings. The summed E-state index contributed by atoms with van der Waals surface area (Å²) < 4.78 is 102. The molecule has 14 nitrogen and oxygen atoms in total. The van der Waals surface area contributed by atoms with Crippen molar-refractivity contribution in [2.24, 2.45) is 0 Å². The lowest BCUT2D eigenvalue weighted by molar-refractivity contribution is -0.254. The first-order valence-corrected chi connectivity index (χ1v) is 16.4. The van der Waals surface area contributed by atoms with Gasteiger partial charge in [-0.25, -0.2) is 9.59 Å². The highest BCUT2D eigenvalue weighted by Gasteiger charge is 2.80. The number of esters is 2. The number of alkyl halides is 6. The van der Waals surface area contributed by atoms with Crippen LogP contribution in [0.5, 0.6) is 0 Å². The van der Waals surface area contributed by atoms with Gasteiger partial charge in [0.1, 0.15) is 70.8 Å². The van der Waals surface area contributed by atoms with E-state index in [0.717, 1.165) is 13.8 Å². The second kappa shape index (κ2) is 13.3. The molecule has 0 aliphatic heterocycles. The van der Waals surface area contributed by atoms with Gasteiger partial charge in [-0.3, -0.25) is 0 Å². The Hall–Kier alpha value is -2.74. The van der Waals surface area contributed by atoms with Crippen LogP contribution in [0.2, 0.25) is 0 Å². The van der Waals surface area contributed by atoms with Gasteiger partial charge in [0.2, 0.25) is 0 Å². The van der Waals surface area contributed by atoms with Crippen molar-refractivity contribution in [2.75, 3.05) is 0 Å². The van der Waals surface area contributed by atoms with E-state index in [4.69, 9.17) is 9.47 Å². The van der Waals surface area contributed by atoms with Crippen LogP contribution in [0.15, 0.2) is 12.1 Å². The zero-order valence-electron chi connectivity index (χ0n) is 25.8. The number of hydrogen-bond acceptors (Lipinski definition) is 16. The van der Waals surface area contributed by atoms with Crippen LogP contribution in [0.4, 0.5) is 26.3 Å². The highest BCUT2D eigenvalue weighted by molar-refractivity contribution is 7.14. The van der Waals surface area contributed by atoms with Gasteiger partial charge in [0.25, 0.3) is 0 Å². The SMILES string of the molecule is Cc1sc(C(=O)O[C@@H]2[C@H](O)[C@@H](O)[C@H](O)[C@@H](O)[C@@H]2O)cc1C1=C(c2cc(C(=O)O[C@@H]3[C@H](O)[C@@H](O)[C@H](O)[C@@H](O)[C@@H]3O)sc2C)C(F)(F)C(F)(F)C1(F)F. The van der Waals surface area contributed by atoms with Crippen molar-refractivity contribution < 1.29 is 96.5 Å². The summed E-state index contributed by atoms with van der Waals surface area (Å²) in [6, 6.07) is 1.00. The molecule has 0 unspecified atom stereocenters. The fourth-order valence-electron chi connectivity index (χ4n) is 6.13. The molecule has 51 heavy (non-hydrogen) atoms. The van der Waals surface area contributed by atoms with Crippen LogP contribution >= 0.6 is 22.7 Å². The Morgan fingerprint density at radius 1 is 0.529 bits per heavy atom. The molecule has 5 rings (SSSR count). The molecular weight excluding hydrogens is 750 g/mol. The molecule has 0 amide bonds. The number of aryl methyl sites for hydroxylation is 2. The van der Waals surface area contributed by atoms with Gasteiger partial charge >= 0.3 is 29.7 Å². The third kappa shape index (κ3) is 5.98. The summed E-state index contributed by atoms with van der Waals surface area (Å²) in [6.45, 7) is 2.01. The van der Waals surface area contributed by atoms with Crippen LogP contribution < -0.4 is 0 Å². The lowest BCUT2D eigenvalue weighted by Gasteiger charge is -2.40. The first-order valence-electron chi connectivity index (χ1n) is 14.7. The second-order valence-corrected chi connectivity index (χ2v) is 14.8. The molecule has 2 heterocycles. The largest absolute Gasteiger partial charge is 0.452 e. The van der Waals surface area contributed by atoms with E-state index < -0.39 is 145 Å². The predicted octanol–water partition coefficient (Wildman–Crippen LogP) is -1.06. The van der Waals surface area contributed by atoms with E-state index in [1.54, 1.807) is 0 Å². The van der Waals surface area contributed by atoms with Gasteiger partial charge in [0, 0.05) is 20.9 Å². The fraction of sp³-hybridized carbons (Fsp3) is 0.586. The monoisotopic (exact) mass is 780 g/mol. The number of thiophene rings is 2. The summed E-state index contributed by atoms with van der Waals surface area (Å²) in [5, 5.41) is 99.7. The average molecular weight is 781 g/mol. The lowest BCUT2D eigenvalue weighted by Crippen LogP contribution is -2.64. The fourth-order valence-corrected chi connectivity index (χ4v) is 7.95. The summed E-state index contributed by atoms with van der Waals surface area (Å²) in [5.41, 5.74) is -5.88. The maximum absolute atomic E-state index is 15.5. The van der Waals surface area contributed by atoms with Crippen LogP contribution in [0, 0.1) is 13.8 Å². The van der Waals surface area contributed by atoms with Crippen molar-refractivity contribution in [3.8, 4) is 0 Å². The number of hydrogen-bond donors (Lipinski definition) is 10. The minimum absolute atomic E-state index is 0.288. The van der Waals surface area contributed by atoms with Gasteiger partial charge in [-0.1, -0.05) is 0 Å². The molecule has 3 aliphatic rings. The predicted molar refractivity (Wildman–Crippen MR) is 158 cm³/mol. The molecule has 0 spiro atoms. The van der Waals surface area contributed by atoms with Crippen molar-refractivity contribution in [1.82, 2.24) is 0 Å². The molecule has 2 aromatic heterocycles. The van der Waals surface area contributed by atoms with Crippen LogP contribution in [-0.2, 0) is 9.47 Å². The van der Waals surface area contributed by atoms with Crippen LogP contribution in [0.1, 0.15) is 40.2 Å². The van der Waals surface area contributed by atoms with Gasteiger partial charge in [-0.2, -0.15) is 26.3 Å². The molecule has 284 valence electrons. The Kier molecular flexibility index (Phi) is 10.3. The van der Waals surface area contributed by atoms with Crippen LogP contribution in [-0.4, -0.2) is 154 Å². The minimum atomic E-state index is -6.08. The van der Waals surface area contributed by atoms with Gasteiger partial charge in [0.15, 0.2) is 12.2 Å². The maximum Gasteiger partial charge on any atom is 0.380 e. The summed E-state index contributed by atoms with van der Waals surface area (Å²) in [6.07, 6.45) is -25.6. The number of carbonyl (C=O) groups excluding carboxylic acids is 2. The van der Waals surface area contributed by atoms with E-state index in [-0.39, 0.29) is 22.7 Å². The normalized spacial score (nSPS) is 37.4. The molecule has 0 radical (unpaired) electrons. The molecule has 2 saturated carbocycles. The summed E-state index contributed by atoms with van der Waals surface area (Å²) in [7, 11) is 0. The first kappa shape index (κ1) is 39.5. The molecule has 10 N–H and O–H groups in total. The third-order valence-corrected chi connectivity index (χ3v) is 11.1. The van der Waals surface area contributed by atoms with Crippen molar-refractivity contribution in [3.63, 3.8) is 0 Å². The standard InChI is InChI=1S/C29H30F6O14S2/c1-5-7(3-9(50-5)25(46)48-23-19(42)15(38)13(36)16(39)20(23)43)11-12(28(32,33)29(34,35)27(11,30)31)8-4-10(51-6(8)2)26(47)49-24-21(44)17(40)14(37)18(41)22(24)45/h3-4,13-24,36-45H,1-2H3/t13-,14-,15-,16+,17-,18+,19+,20-,21+,22-,23+,24+. The van der Waals surface area contributed by atoms with E-state index in [1.165, 1.54) is 0 Å². The zero-order valence-corrected chi connectivity index (χ0v) is 27.4. The molecule has 22 heteroatoms. The molecular formula is C29H30F6O14S2. The average Bonchev–Trinajstić information content (AvgIpc) is 3.67. The maximum atomic E-state index is 15.5. The molecule has 0 saturated heterocycles. The second-order valence-electron chi connectivity index (χ2n) is 12.3. The molecule has 2 fully saturated rings. The summed E-state index contributed by atoms with van der Waals surface area (Å²) in [5.74, 6) is -20.4. The Bertz CT molecular complexity index is 1580.